The number of imide groups is 1. The molecule has 2 amide bonds. The lowest BCUT2D eigenvalue weighted by atomic mass is 10.1. The SMILES string of the molecule is O=C(ON1C(=O)c2ccccc2C1=O)C(NS(=O)(=O)c1ccccc1)c1ccccc1. The van der Waals surface area contributed by atoms with Crippen LogP contribution in [-0.2, 0) is 19.7 Å². The molecule has 156 valence electrons. The Kier molecular flexibility index (Phi) is 5.37. The Hall–Kier alpha value is -3.82. The van der Waals surface area contributed by atoms with Crippen molar-refractivity contribution in [1.82, 2.24) is 9.79 Å². The summed E-state index contributed by atoms with van der Waals surface area (Å²) >= 11 is 0. The molecule has 1 aliphatic rings. The predicted octanol–water partition coefficient (Wildman–Crippen LogP) is 2.46. The number of nitrogens with one attached hydrogen (secondary N) is 1. The molecule has 1 N–H and O–H groups in total. The normalized spacial score (nSPS) is 14.3. The van der Waals surface area contributed by atoms with Crippen LogP contribution >= 0.6 is 0 Å². The first-order valence-electron chi connectivity index (χ1n) is 9.20. The van der Waals surface area contributed by atoms with Gasteiger partial charge < -0.3 is 4.84 Å². The minimum atomic E-state index is -4.11. The highest BCUT2D eigenvalue weighted by Gasteiger charge is 2.40. The number of benzene rings is 3. The van der Waals surface area contributed by atoms with Gasteiger partial charge in [-0.3, -0.25) is 9.59 Å². The van der Waals surface area contributed by atoms with Crippen molar-refractivity contribution in [3.8, 4) is 0 Å². The molecule has 4 rings (SSSR count). The molecule has 1 aliphatic heterocycles. The molecular weight excluding hydrogens is 420 g/mol. The highest BCUT2D eigenvalue weighted by Crippen LogP contribution is 2.25. The quantitative estimate of drug-likeness (QED) is 0.595. The minimum absolute atomic E-state index is 0.0514. The number of amides is 2. The summed E-state index contributed by atoms with van der Waals surface area (Å²) in [6, 6.07) is 20.0. The number of hydroxylamine groups is 2. The maximum atomic E-state index is 13.0. The third-order valence-corrected chi connectivity index (χ3v) is 6.07. The van der Waals surface area contributed by atoms with Crippen LogP contribution in [0.5, 0.6) is 0 Å². The van der Waals surface area contributed by atoms with E-state index < -0.39 is 33.8 Å². The van der Waals surface area contributed by atoms with Gasteiger partial charge in [0, 0.05) is 0 Å². The average Bonchev–Trinajstić information content (AvgIpc) is 3.03. The highest BCUT2D eigenvalue weighted by atomic mass is 32.2. The molecule has 1 heterocycles. The van der Waals surface area contributed by atoms with Gasteiger partial charge in [-0.25, -0.2) is 13.2 Å². The number of hydrogen-bond donors (Lipinski definition) is 1. The molecule has 1 atom stereocenters. The van der Waals surface area contributed by atoms with Gasteiger partial charge in [-0.15, -0.1) is 0 Å². The van der Waals surface area contributed by atoms with Crippen LogP contribution in [-0.4, -0.2) is 31.3 Å². The molecule has 3 aromatic rings. The van der Waals surface area contributed by atoms with Crippen LogP contribution in [0.15, 0.2) is 89.8 Å². The van der Waals surface area contributed by atoms with Crippen molar-refractivity contribution in [1.29, 1.82) is 0 Å². The first kappa shape index (κ1) is 20.5. The zero-order valence-corrected chi connectivity index (χ0v) is 16.8. The van der Waals surface area contributed by atoms with Gasteiger partial charge >= 0.3 is 5.97 Å². The van der Waals surface area contributed by atoms with Crippen molar-refractivity contribution < 1.29 is 27.6 Å². The fourth-order valence-corrected chi connectivity index (χ4v) is 4.31. The second-order valence-electron chi connectivity index (χ2n) is 6.64. The Balaban J connectivity index is 1.63. The first-order chi connectivity index (χ1) is 14.9. The number of rotatable bonds is 6. The van der Waals surface area contributed by atoms with E-state index in [1.54, 1.807) is 48.5 Å². The Bertz CT molecular complexity index is 1220. The van der Waals surface area contributed by atoms with E-state index >= 15 is 0 Å². The lowest BCUT2D eigenvalue weighted by Gasteiger charge is -2.20. The third-order valence-electron chi connectivity index (χ3n) is 4.63. The summed E-state index contributed by atoms with van der Waals surface area (Å²) in [5.41, 5.74) is 0.478. The van der Waals surface area contributed by atoms with Gasteiger partial charge in [0.15, 0.2) is 0 Å². The summed E-state index contributed by atoms with van der Waals surface area (Å²) in [5.74, 6) is -2.72. The highest BCUT2D eigenvalue weighted by molar-refractivity contribution is 7.89. The summed E-state index contributed by atoms with van der Waals surface area (Å²) in [6.45, 7) is 0. The molecule has 0 spiro atoms. The second kappa shape index (κ2) is 8.13. The first-order valence-corrected chi connectivity index (χ1v) is 10.7. The minimum Gasteiger partial charge on any atom is -0.328 e. The standard InChI is InChI=1S/C22H16N2O6S/c25-20-17-13-7-8-14-18(17)21(26)24(20)30-22(27)19(15-9-3-1-4-10-15)23-31(28,29)16-11-5-2-6-12-16/h1-14,19,23H. The van der Waals surface area contributed by atoms with Gasteiger partial charge in [0.2, 0.25) is 10.0 Å². The predicted molar refractivity (Wildman–Crippen MR) is 109 cm³/mol. The van der Waals surface area contributed by atoms with Gasteiger partial charge in [0.25, 0.3) is 11.8 Å². The molecule has 0 radical (unpaired) electrons. The third kappa shape index (κ3) is 3.96. The van der Waals surface area contributed by atoms with Crippen molar-refractivity contribution >= 4 is 27.8 Å². The number of sulfonamides is 1. The largest absolute Gasteiger partial charge is 0.355 e. The van der Waals surface area contributed by atoms with Gasteiger partial charge in [0.05, 0.1) is 16.0 Å². The van der Waals surface area contributed by atoms with Crippen molar-refractivity contribution in [2.24, 2.45) is 0 Å². The summed E-state index contributed by atoms with van der Waals surface area (Å²) in [7, 11) is -4.11. The number of hydrogen-bond acceptors (Lipinski definition) is 6. The Morgan fingerprint density at radius 3 is 1.81 bits per heavy atom. The molecule has 0 saturated carbocycles. The van der Waals surface area contributed by atoms with Crippen LogP contribution in [0.25, 0.3) is 0 Å². The molecule has 3 aromatic carbocycles. The molecule has 0 saturated heterocycles. The zero-order valence-electron chi connectivity index (χ0n) is 16.0. The molecule has 8 nitrogen and oxygen atoms in total. The number of carbonyl (C=O) groups is 3. The molecule has 0 aliphatic carbocycles. The van der Waals surface area contributed by atoms with E-state index in [1.807, 2.05) is 0 Å². The maximum Gasteiger partial charge on any atom is 0.355 e. The van der Waals surface area contributed by atoms with Gasteiger partial charge in [-0.1, -0.05) is 65.7 Å². The molecule has 0 fully saturated rings. The van der Waals surface area contributed by atoms with Crippen molar-refractivity contribution in [3.05, 3.63) is 102 Å². The smallest absolute Gasteiger partial charge is 0.328 e. The molecular formula is C22H16N2O6S. The van der Waals surface area contributed by atoms with E-state index in [4.69, 9.17) is 4.84 Å². The van der Waals surface area contributed by atoms with E-state index in [2.05, 4.69) is 4.72 Å². The molecule has 1 unspecified atom stereocenters. The molecule has 0 bridgehead atoms. The van der Waals surface area contributed by atoms with Crippen molar-refractivity contribution in [2.45, 2.75) is 10.9 Å². The molecule has 9 heteroatoms. The van der Waals surface area contributed by atoms with Gasteiger partial charge in [-0.05, 0) is 29.8 Å². The number of carbonyl (C=O) groups excluding carboxylic acids is 3. The Labute approximate surface area is 178 Å². The van der Waals surface area contributed by atoms with E-state index in [1.165, 1.54) is 36.4 Å². The van der Waals surface area contributed by atoms with Crippen LogP contribution in [0.1, 0.15) is 32.3 Å². The van der Waals surface area contributed by atoms with E-state index in [0.717, 1.165) is 0 Å². The zero-order chi connectivity index (χ0) is 22.0. The number of fused-ring (bicyclic) bond motifs is 1. The van der Waals surface area contributed by atoms with E-state index in [0.29, 0.717) is 5.06 Å². The van der Waals surface area contributed by atoms with Crippen LogP contribution in [0.2, 0.25) is 0 Å². The summed E-state index contributed by atoms with van der Waals surface area (Å²) in [4.78, 5) is 43.0. The molecule has 31 heavy (non-hydrogen) atoms. The van der Waals surface area contributed by atoms with Gasteiger partial charge in [0.1, 0.15) is 6.04 Å². The summed E-state index contributed by atoms with van der Waals surface area (Å²) < 4.78 is 27.9. The monoisotopic (exact) mass is 436 g/mol. The average molecular weight is 436 g/mol. The second-order valence-corrected chi connectivity index (χ2v) is 8.35. The Morgan fingerprint density at radius 2 is 1.26 bits per heavy atom. The summed E-state index contributed by atoms with van der Waals surface area (Å²) in [5, 5.41) is 0.347. The van der Waals surface area contributed by atoms with Crippen LogP contribution in [0.4, 0.5) is 0 Å². The van der Waals surface area contributed by atoms with Gasteiger partial charge in [-0.2, -0.15) is 4.72 Å². The van der Waals surface area contributed by atoms with Crippen LogP contribution in [0, 0.1) is 0 Å². The van der Waals surface area contributed by atoms with Crippen LogP contribution < -0.4 is 4.72 Å². The fraction of sp³-hybridized carbons (Fsp3) is 0.0455. The summed E-state index contributed by atoms with van der Waals surface area (Å²) in [6.07, 6.45) is 0. The fourth-order valence-electron chi connectivity index (χ4n) is 3.11. The van der Waals surface area contributed by atoms with Crippen molar-refractivity contribution in [3.63, 3.8) is 0 Å². The van der Waals surface area contributed by atoms with E-state index in [9.17, 15) is 22.8 Å². The maximum absolute atomic E-state index is 13.0. The van der Waals surface area contributed by atoms with Crippen molar-refractivity contribution in [2.75, 3.05) is 0 Å². The molecule has 0 aromatic heterocycles. The lowest BCUT2D eigenvalue weighted by Crippen LogP contribution is -2.40. The topological polar surface area (TPSA) is 110 Å². The number of nitrogens with zero attached hydrogens (tertiary/aromatic N) is 1. The van der Waals surface area contributed by atoms with Crippen LogP contribution in [0.3, 0.4) is 0 Å². The Morgan fingerprint density at radius 1 is 0.774 bits per heavy atom. The van der Waals surface area contributed by atoms with E-state index in [-0.39, 0.29) is 21.6 Å². The lowest BCUT2D eigenvalue weighted by molar-refractivity contribution is -0.170.